The van der Waals surface area contributed by atoms with Gasteiger partial charge in [0.1, 0.15) is 18.1 Å². The van der Waals surface area contributed by atoms with Crippen molar-refractivity contribution in [1.82, 2.24) is 30.9 Å². The van der Waals surface area contributed by atoms with Crippen molar-refractivity contribution in [2.24, 2.45) is 22.2 Å². The van der Waals surface area contributed by atoms with Gasteiger partial charge in [-0.15, -0.1) is 0 Å². The van der Waals surface area contributed by atoms with Gasteiger partial charge in [-0.2, -0.15) is 11.8 Å². The number of nitrogens with one attached hydrogen (secondary N) is 5. The van der Waals surface area contributed by atoms with Crippen LogP contribution in [-0.2, 0) is 32.0 Å². The number of imidazole rings is 1. The predicted molar refractivity (Wildman–Crippen MR) is 169 cm³/mol. The van der Waals surface area contributed by atoms with Crippen LogP contribution in [0.15, 0.2) is 48.0 Å². The van der Waals surface area contributed by atoms with E-state index >= 15 is 0 Å². The molecule has 4 unspecified atom stereocenters. The number of carboxylic acids is 1. The van der Waals surface area contributed by atoms with Crippen LogP contribution in [0.3, 0.4) is 0 Å². The second-order valence-corrected chi connectivity index (χ2v) is 11.2. The van der Waals surface area contributed by atoms with Gasteiger partial charge in [0, 0.05) is 42.0 Å². The molecule has 0 aliphatic carbocycles. The van der Waals surface area contributed by atoms with Gasteiger partial charge in [0.15, 0.2) is 5.96 Å². The number of aliphatic carboxylic acids is 1. The highest BCUT2D eigenvalue weighted by Gasteiger charge is 2.31. The Morgan fingerprint density at radius 2 is 1.68 bits per heavy atom. The highest BCUT2D eigenvalue weighted by Crippen LogP contribution is 2.19. The first kappa shape index (κ1) is 33.9. The normalized spacial score (nSPS) is 13.8. The average molecular weight is 629 g/mol. The smallest absolute Gasteiger partial charge is 0.326 e. The van der Waals surface area contributed by atoms with Crippen LogP contribution in [0.25, 0.3) is 10.9 Å². The topological polar surface area (TPSA) is 259 Å². The van der Waals surface area contributed by atoms with Gasteiger partial charge in [-0.05, 0) is 49.3 Å². The number of hydrogen-bond donors (Lipinski definition) is 9. The molecule has 2 heterocycles. The van der Waals surface area contributed by atoms with Crippen LogP contribution in [0.4, 0.5) is 0 Å². The molecule has 4 atom stereocenters. The third-order valence-electron chi connectivity index (χ3n) is 6.87. The fraction of sp³-hybridized carbons (Fsp3) is 0.429. The number of para-hydroxylation sites is 1. The Balaban J connectivity index is 1.70. The number of nitrogens with zero attached hydrogens (tertiary/aromatic N) is 2. The lowest BCUT2D eigenvalue weighted by atomic mass is 10.0. The molecule has 0 saturated heterocycles. The molecule has 15 nitrogen and oxygen atoms in total. The van der Waals surface area contributed by atoms with Gasteiger partial charge < -0.3 is 48.2 Å². The van der Waals surface area contributed by atoms with Crippen molar-refractivity contribution >= 4 is 52.3 Å². The lowest BCUT2D eigenvalue weighted by Gasteiger charge is -2.25. The Bertz CT molecular complexity index is 1420. The molecule has 2 aromatic heterocycles. The molecule has 0 radical (unpaired) electrons. The molecule has 3 aromatic rings. The number of fused-ring (bicyclic) bond motifs is 1. The Morgan fingerprint density at radius 3 is 2.36 bits per heavy atom. The third-order valence-corrected chi connectivity index (χ3v) is 7.51. The van der Waals surface area contributed by atoms with Crippen LogP contribution >= 0.6 is 11.8 Å². The van der Waals surface area contributed by atoms with Gasteiger partial charge in [-0.3, -0.25) is 19.4 Å². The second kappa shape index (κ2) is 16.9. The molecule has 0 fully saturated rings. The zero-order valence-corrected chi connectivity index (χ0v) is 25.2. The third kappa shape index (κ3) is 10.3. The minimum absolute atomic E-state index is 0.00118. The predicted octanol–water partition coefficient (Wildman–Crippen LogP) is -0.651. The minimum Gasteiger partial charge on any atom is -0.480 e. The van der Waals surface area contributed by atoms with Crippen LogP contribution in [0.2, 0.25) is 0 Å². The quantitative estimate of drug-likeness (QED) is 0.0488. The standard InChI is InChI=1S/C28H40N10O5S/c1-44-10-8-21(36-24(39)19(29)11-16-13-34-20-6-3-2-5-18(16)20)25(40)38-23(12-17-14-32-15-35-17)26(41)37-22(27(42)43)7-4-9-33-28(30)31/h2-3,5-6,13-15,19,21-23,34H,4,7-12,29H2,1H3,(H,32,35)(H,36,39)(H,37,41)(H,38,40)(H,42,43)(H4,30,31,33). The summed E-state index contributed by atoms with van der Waals surface area (Å²) in [7, 11) is 0. The maximum absolute atomic E-state index is 13.5. The first-order valence-electron chi connectivity index (χ1n) is 14.0. The van der Waals surface area contributed by atoms with Gasteiger partial charge in [-0.1, -0.05) is 18.2 Å². The molecule has 3 rings (SSSR count). The average Bonchev–Trinajstić information content (AvgIpc) is 3.66. The number of amides is 3. The molecule has 0 aliphatic rings. The molecule has 0 aliphatic heterocycles. The number of aliphatic imine (C=N–C) groups is 1. The number of aromatic amines is 2. The van der Waals surface area contributed by atoms with Gasteiger partial charge in [0.05, 0.1) is 12.4 Å². The first-order valence-corrected chi connectivity index (χ1v) is 15.4. The van der Waals surface area contributed by atoms with Gasteiger partial charge in [0.2, 0.25) is 17.7 Å². The minimum atomic E-state index is -1.25. The number of H-pyrrole nitrogens is 2. The lowest BCUT2D eigenvalue weighted by molar-refractivity contribution is -0.142. The van der Waals surface area contributed by atoms with E-state index in [1.54, 1.807) is 6.20 Å². The zero-order valence-electron chi connectivity index (χ0n) is 24.4. The largest absolute Gasteiger partial charge is 0.480 e. The van der Waals surface area contributed by atoms with E-state index in [1.165, 1.54) is 24.3 Å². The molecular formula is C28H40N10O5S. The maximum Gasteiger partial charge on any atom is 0.326 e. The number of nitrogens with two attached hydrogens (primary N) is 3. The molecule has 3 amide bonds. The van der Waals surface area contributed by atoms with Crippen LogP contribution in [-0.4, -0.2) is 92.4 Å². The summed E-state index contributed by atoms with van der Waals surface area (Å²) in [5, 5.41) is 18.5. The summed E-state index contributed by atoms with van der Waals surface area (Å²) in [6, 6.07) is 3.33. The Morgan fingerprint density at radius 1 is 0.977 bits per heavy atom. The highest BCUT2D eigenvalue weighted by molar-refractivity contribution is 7.98. The number of carbonyl (C=O) groups is 4. The van der Waals surface area contributed by atoms with E-state index in [0.717, 1.165) is 16.5 Å². The Kier molecular flexibility index (Phi) is 13.0. The molecule has 12 N–H and O–H groups in total. The second-order valence-electron chi connectivity index (χ2n) is 10.2. The molecule has 0 spiro atoms. The monoisotopic (exact) mass is 628 g/mol. The van der Waals surface area contributed by atoms with Crippen molar-refractivity contribution in [3.63, 3.8) is 0 Å². The van der Waals surface area contributed by atoms with E-state index < -0.39 is 47.9 Å². The van der Waals surface area contributed by atoms with Crippen molar-refractivity contribution in [1.29, 1.82) is 0 Å². The number of benzene rings is 1. The molecule has 16 heteroatoms. The van der Waals surface area contributed by atoms with Crippen molar-refractivity contribution in [2.45, 2.75) is 56.3 Å². The summed E-state index contributed by atoms with van der Waals surface area (Å²) in [5.74, 6) is -2.66. The molecule has 1 aromatic carbocycles. The Labute approximate surface area is 258 Å². The number of carbonyl (C=O) groups excluding carboxylic acids is 3. The van der Waals surface area contributed by atoms with Gasteiger partial charge >= 0.3 is 5.97 Å². The number of guanidine groups is 1. The number of aromatic nitrogens is 3. The van der Waals surface area contributed by atoms with Crippen LogP contribution in [0.5, 0.6) is 0 Å². The zero-order chi connectivity index (χ0) is 32.1. The summed E-state index contributed by atoms with van der Waals surface area (Å²) < 4.78 is 0. The molecular weight excluding hydrogens is 588 g/mol. The highest BCUT2D eigenvalue weighted by atomic mass is 32.2. The van der Waals surface area contributed by atoms with Crippen LogP contribution in [0.1, 0.15) is 30.5 Å². The van der Waals surface area contributed by atoms with Gasteiger partial charge in [0.25, 0.3) is 0 Å². The molecule has 0 bridgehead atoms. The van der Waals surface area contributed by atoms with Crippen molar-refractivity contribution < 1.29 is 24.3 Å². The van der Waals surface area contributed by atoms with E-state index in [2.05, 4.69) is 35.9 Å². The number of carboxylic acid groups (broad SMARTS) is 1. The van der Waals surface area contributed by atoms with Crippen LogP contribution in [0, 0.1) is 0 Å². The van der Waals surface area contributed by atoms with Gasteiger partial charge in [-0.25, -0.2) is 9.78 Å². The summed E-state index contributed by atoms with van der Waals surface area (Å²) in [6.45, 7) is 0.190. The number of rotatable bonds is 18. The Hall–Kier alpha value is -4.57. The number of hydrogen-bond acceptors (Lipinski definition) is 8. The van der Waals surface area contributed by atoms with E-state index in [1.807, 2.05) is 30.5 Å². The fourth-order valence-corrected chi connectivity index (χ4v) is 5.02. The van der Waals surface area contributed by atoms with Crippen molar-refractivity contribution in [3.8, 4) is 0 Å². The number of thioether (sulfide) groups is 1. The molecule has 0 saturated carbocycles. The van der Waals surface area contributed by atoms with Crippen molar-refractivity contribution in [2.75, 3.05) is 18.6 Å². The first-order chi connectivity index (χ1) is 21.1. The van der Waals surface area contributed by atoms with E-state index in [9.17, 15) is 24.3 Å². The fourth-order valence-electron chi connectivity index (χ4n) is 4.54. The van der Waals surface area contributed by atoms with Crippen LogP contribution < -0.4 is 33.2 Å². The lowest BCUT2D eigenvalue weighted by Crippen LogP contribution is -2.58. The van der Waals surface area contributed by atoms with Crippen molar-refractivity contribution in [3.05, 3.63) is 54.2 Å². The van der Waals surface area contributed by atoms with E-state index in [4.69, 9.17) is 17.2 Å². The summed E-state index contributed by atoms with van der Waals surface area (Å²) in [4.78, 5) is 65.6. The summed E-state index contributed by atoms with van der Waals surface area (Å²) in [6.07, 6.45) is 7.47. The maximum atomic E-state index is 13.5. The molecule has 238 valence electrons. The SMILES string of the molecule is CSCCC(NC(=O)C(N)Cc1c[nH]c2ccccc12)C(=O)NC(Cc1cnc[nH]1)C(=O)NC(CCCN=C(N)N)C(=O)O. The summed E-state index contributed by atoms with van der Waals surface area (Å²) in [5.41, 5.74) is 19.2. The molecule has 44 heavy (non-hydrogen) atoms. The van der Waals surface area contributed by atoms with E-state index in [0.29, 0.717) is 17.9 Å². The summed E-state index contributed by atoms with van der Waals surface area (Å²) >= 11 is 1.49. The van der Waals surface area contributed by atoms with E-state index in [-0.39, 0.29) is 38.2 Å².